The summed E-state index contributed by atoms with van der Waals surface area (Å²) in [5, 5.41) is 1.19. The standard InChI is InChI=1S/C18H16BrNO3S/c1-13-2-4-14(5-3-13)18(21)20(16-8-6-15(19)7-9-16)17-10-11-24(22,23)12-17/h2-11,17H,12H2,1H3/t17-/m0/s1. The lowest BCUT2D eigenvalue weighted by Crippen LogP contribution is -2.41. The van der Waals surface area contributed by atoms with Crippen molar-refractivity contribution in [2.24, 2.45) is 0 Å². The number of carbonyl (C=O) groups is 1. The number of sulfone groups is 1. The molecule has 0 saturated heterocycles. The molecule has 0 spiro atoms. The fourth-order valence-corrected chi connectivity index (χ4v) is 4.15. The SMILES string of the molecule is Cc1ccc(C(=O)N(c2ccc(Br)cc2)[C@H]2C=CS(=O)(=O)C2)cc1. The zero-order valence-electron chi connectivity index (χ0n) is 13.0. The third-order valence-corrected chi connectivity index (χ3v) is 5.77. The number of benzene rings is 2. The number of hydrogen-bond acceptors (Lipinski definition) is 3. The van der Waals surface area contributed by atoms with E-state index < -0.39 is 15.9 Å². The van der Waals surface area contributed by atoms with E-state index in [1.807, 2.05) is 31.2 Å². The monoisotopic (exact) mass is 405 g/mol. The number of nitrogens with zero attached hydrogens (tertiary/aromatic N) is 1. The summed E-state index contributed by atoms with van der Waals surface area (Å²) in [6, 6.07) is 14.0. The molecule has 2 aromatic rings. The summed E-state index contributed by atoms with van der Waals surface area (Å²) in [6.07, 6.45) is 1.57. The van der Waals surface area contributed by atoms with Crippen LogP contribution in [0.15, 0.2) is 64.5 Å². The Morgan fingerprint density at radius 1 is 1.08 bits per heavy atom. The Hall–Kier alpha value is -1.92. The van der Waals surface area contributed by atoms with Gasteiger partial charge in [0.1, 0.15) is 0 Å². The van der Waals surface area contributed by atoms with Gasteiger partial charge in [-0.3, -0.25) is 4.79 Å². The van der Waals surface area contributed by atoms with E-state index in [1.54, 1.807) is 30.3 Å². The molecule has 1 aliphatic heterocycles. The summed E-state index contributed by atoms with van der Waals surface area (Å²) in [5.41, 5.74) is 2.25. The van der Waals surface area contributed by atoms with Crippen molar-refractivity contribution >= 4 is 37.4 Å². The van der Waals surface area contributed by atoms with E-state index in [2.05, 4.69) is 15.9 Å². The minimum atomic E-state index is -3.26. The summed E-state index contributed by atoms with van der Waals surface area (Å²) in [6.45, 7) is 1.95. The number of carbonyl (C=O) groups excluding carboxylic acids is 1. The zero-order chi connectivity index (χ0) is 17.3. The Morgan fingerprint density at radius 2 is 1.71 bits per heavy atom. The molecule has 1 heterocycles. The van der Waals surface area contributed by atoms with Gasteiger partial charge in [0.05, 0.1) is 11.8 Å². The Morgan fingerprint density at radius 3 is 2.25 bits per heavy atom. The highest BCUT2D eigenvalue weighted by Crippen LogP contribution is 2.26. The van der Waals surface area contributed by atoms with Gasteiger partial charge in [0.2, 0.25) is 0 Å². The minimum Gasteiger partial charge on any atom is -0.300 e. The van der Waals surface area contributed by atoms with Crippen LogP contribution < -0.4 is 4.90 Å². The van der Waals surface area contributed by atoms with Gasteiger partial charge in [-0.15, -0.1) is 0 Å². The smallest absolute Gasteiger partial charge is 0.258 e. The number of rotatable bonds is 3. The van der Waals surface area contributed by atoms with Crippen LogP contribution in [0.4, 0.5) is 5.69 Å². The van der Waals surface area contributed by atoms with Crippen molar-refractivity contribution in [3.8, 4) is 0 Å². The van der Waals surface area contributed by atoms with Crippen molar-refractivity contribution < 1.29 is 13.2 Å². The van der Waals surface area contributed by atoms with Crippen LogP contribution in [0, 0.1) is 6.92 Å². The largest absolute Gasteiger partial charge is 0.300 e. The summed E-state index contributed by atoms with van der Waals surface area (Å²) in [4.78, 5) is 14.6. The fourth-order valence-electron chi connectivity index (χ4n) is 2.62. The van der Waals surface area contributed by atoms with E-state index in [-0.39, 0.29) is 11.7 Å². The van der Waals surface area contributed by atoms with Gasteiger partial charge in [0.15, 0.2) is 9.84 Å². The first-order chi connectivity index (χ1) is 11.4. The predicted octanol–water partition coefficient (Wildman–Crippen LogP) is 3.72. The molecule has 4 nitrogen and oxygen atoms in total. The van der Waals surface area contributed by atoms with Crippen molar-refractivity contribution in [1.82, 2.24) is 0 Å². The molecule has 0 saturated carbocycles. The Balaban J connectivity index is 2.01. The first-order valence-corrected chi connectivity index (χ1v) is 9.93. The highest BCUT2D eigenvalue weighted by atomic mass is 79.9. The maximum absolute atomic E-state index is 13.0. The number of aryl methyl sites for hydroxylation is 1. The van der Waals surface area contributed by atoms with Crippen molar-refractivity contribution in [1.29, 1.82) is 0 Å². The lowest BCUT2D eigenvalue weighted by molar-refractivity contribution is 0.0983. The van der Waals surface area contributed by atoms with Crippen molar-refractivity contribution in [2.75, 3.05) is 10.7 Å². The average molecular weight is 406 g/mol. The summed E-state index contributed by atoms with van der Waals surface area (Å²) in [7, 11) is -3.26. The maximum Gasteiger partial charge on any atom is 0.258 e. The summed E-state index contributed by atoms with van der Waals surface area (Å²) < 4.78 is 24.5. The van der Waals surface area contributed by atoms with Crippen LogP contribution in [0.2, 0.25) is 0 Å². The lowest BCUT2D eigenvalue weighted by atomic mass is 10.1. The van der Waals surface area contributed by atoms with Crippen LogP contribution in [0.25, 0.3) is 0 Å². The van der Waals surface area contributed by atoms with Gasteiger partial charge in [0.25, 0.3) is 5.91 Å². The second kappa shape index (κ2) is 6.53. The van der Waals surface area contributed by atoms with Crippen molar-refractivity contribution in [3.63, 3.8) is 0 Å². The van der Waals surface area contributed by atoms with Crippen LogP contribution in [-0.4, -0.2) is 26.1 Å². The zero-order valence-corrected chi connectivity index (χ0v) is 15.4. The molecular weight excluding hydrogens is 390 g/mol. The molecule has 0 unspecified atom stereocenters. The van der Waals surface area contributed by atoms with Gasteiger partial charge >= 0.3 is 0 Å². The van der Waals surface area contributed by atoms with Gasteiger partial charge in [0, 0.05) is 21.1 Å². The van der Waals surface area contributed by atoms with Crippen LogP contribution in [0.5, 0.6) is 0 Å². The summed E-state index contributed by atoms with van der Waals surface area (Å²) >= 11 is 3.37. The van der Waals surface area contributed by atoms with Gasteiger partial charge in [-0.25, -0.2) is 8.42 Å². The fraction of sp³-hybridized carbons (Fsp3) is 0.167. The van der Waals surface area contributed by atoms with E-state index in [1.165, 1.54) is 10.3 Å². The number of halogens is 1. The topological polar surface area (TPSA) is 54.5 Å². The highest BCUT2D eigenvalue weighted by molar-refractivity contribution is 9.10. The van der Waals surface area contributed by atoms with Crippen molar-refractivity contribution in [3.05, 3.63) is 75.6 Å². The Kier molecular flexibility index (Phi) is 4.60. The molecule has 0 N–H and O–H groups in total. The van der Waals surface area contributed by atoms with E-state index in [0.717, 1.165) is 10.0 Å². The predicted molar refractivity (Wildman–Crippen MR) is 98.8 cm³/mol. The van der Waals surface area contributed by atoms with E-state index in [0.29, 0.717) is 11.3 Å². The second-order valence-electron chi connectivity index (χ2n) is 5.74. The molecule has 0 bridgehead atoms. The number of anilines is 1. The average Bonchev–Trinajstić information content (AvgIpc) is 2.90. The van der Waals surface area contributed by atoms with Crippen molar-refractivity contribution in [2.45, 2.75) is 13.0 Å². The van der Waals surface area contributed by atoms with Crippen LogP contribution in [-0.2, 0) is 9.84 Å². The quantitative estimate of drug-likeness (QED) is 0.781. The molecule has 1 aliphatic rings. The normalized spacial score (nSPS) is 18.5. The number of hydrogen-bond donors (Lipinski definition) is 0. The molecule has 1 atom stereocenters. The van der Waals surface area contributed by atoms with Gasteiger partial charge < -0.3 is 4.90 Å². The van der Waals surface area contributed by atoms with Gasteiger partial charge in [-0.05, 0) is 49.4 Å². The summed E-state index contributed by atoms with van der Waals surface area (Å²) in [5.74, 6) is -0.315. The molecule has 0 fully saturated rings. The molecule has 1 amide bonds. The second-order valence-corrected chi connectivity index (χ2v) is 8.59. The molecule has 3 rings (SSSR count). The first-order valence-electron chi connectivity index (χ1n) is 7.42. The molecule has 0 aliphatic carbocycles. The van der Waals surface area contributed by atoms with Crippen LogP contribution >= 0.6 is 15.9 Å². The maximum atomic E-state index is 13.0. The third-order valence-electron chi connectivity index (χ3n) is 3.86. The van der Waals surface area contributed by atoms with Gasteiger partial charge in [-0.1, -0.05) is 33.6 Å². The molecular formula is C18H16BrNO3S. The molecule has 0 radical (unpaired) electrons. The van der Waals surface area contributed by atoms with Crippen LogP contribution in [0.3, 0.4) is 0 Å². The van der Waals surface area contributed by atoms with E-state index in [9.17, 15) is 13.2 Å². The first kappa shape index (κ1) is 16.9. The molecule has 124 valence electrons. The Bertz CT molecular complexity index is 887. The molecule has 2 aromatic carbocycles. The highest BCUT2D eigenvalue weighted by Gasteiger charge is 2.31. The van der Waals surface area contributed by atoms with E-state index in [4.69, 9.17) is 0 Å². The number of amides is 1. The van der Waals surface area contributed by atoms with Crippen LogP contribution in [0.1, 0.15) is 15.9 Å². The lowest BCUT2D eigenvalue weighted by Gasteiger charge is -2.28. The molecule has 0 aromatic heterocycles. The third kappa shape index (κ3) is 3.60. The Labute approximate surface area is 149 Å². The minimum absolute atomic E-state index is 0.0966. The molecule has 6 heteroatoms. The molecule has 24 heavy (non-hydrogen) atoms. The van der Waals surface area contributed by atoms with E-state index >= 15 is 0 Å². The van der Waals surface area contributed by atoms with Gasteiger partial charge in [-0.2, -0.15) is 0 Å².